The third kappa shape index (κ3) is 3.94. The SMILES string of the molecule is O=c1c2ccccc2c(-c2ccc(Cl)cc2)nn1-c1cc(N2CCOCC2)ccc1[N+](=O)[O-]. The highest BCUT2D eigenvalue weighted by atomic mass is 35.5. The van der Waals surface area contributed by atoms with Gasteiger partial charge >= 0.3 is 0 Å². The molecule has 9 heteroatoms. The maximum atomic E-state index is 13.5. The van der Waals surface area contributed by atoms with Crippen molar-refractivity contribution in [1.82, 2.24) is 9.78 Å². The Balaban J connectivity index is 1.77. The molecule has 3 aromatic carbocycles. The number of nitrogens with zero attached hydrogens (tertiary/aromatic N) is 4. The van der Waals surface area contributed by atoms with E-state index in [1.165, 1.54) is 6.07 Å². The molecular formula is C24H19ClN4O4. The van der Waals surface area contributed by atoms with E-state index < -0.39 is 10.5 Å². The van der Waals surface area contributed by atoms with Crippen molar-refractivity contribution in [2.24, 2.45) is 0 Å². The van der Waals surface area contributed by atoms with Crippen LogP contribution in [-0.4, -0.2) is 41.0 Å². The van der Waals surface area contributed by atoms with Crippen LogP contribution in [0.5, 0.6) is 0 Å². The van der Waals surface area contributed by atoms with Crippen LogP contribution in [0, 0.1) is 10.1 Å². The largest absolute Gasteiger partial charge is 0.378 e. The van der Waals surface area contributed by atoms with E-state index in [1.807, 2.05) is 24.3 Å². The number of rotatable bonds is 4. The summed E-state index contributed by atoms with van der Waals surface area (Å²) in [5.74, 6) is 0. The van der Waals surface area contributed by atoms with Crippen molar-refractivity contribution in [3.8, 4) is 16.9 Å². The lowest BCUT2D eigenvalue weighted by Crippen LogP contribution is -2.36. The lowest BCUT2D eigenvalue weighted by atomic mass is 10.0. The highest BCUT2D eigenvalue weighted by Crippen LogP contribution is 2.31. The molecule has 0 N–H and O–H groups in total. The Hall–Kier alpha value is -3.75. The van der Waals surface area contributed by atoms with Gasteiger partial charge in [0.2, 0.25) is 0 Å². The van der Waals surface area contributed by atoms with Crippen LogP contribution in [0.4, 0.5) is 11.4 Å². The maximum Gasteiger partial charge on any atom is 0.295 e. The third-order valence-corrected chi connectivity index (χ3v) is 5.93. The summed E-state index contributed by atoms with van der Waals surface area (Å²) in [6.45, 7) is 2.46. The normalized spacial score (nSPS) is 13.9. The number of hydrogen-bond acceptors (Lipinski definition) is 6. The second kappa shape index (κ2) is 8.65. The minimum Gasteiger partial charge on any atom is -0.378 e. The van der Waals surface area contributed by atoms with E-state index in [1.54, 1.807) is 36.4 Å². The molecule has 0 radical (unpaired) electrons. The van der Waals surface area contributed by atoms with Gasteiger partial charge in [-0.05, 0) is 30.3 Å². The predicted molar refractivity (Wildman–Crippen MR) is 127 cm³/mol. The average molecular weight is 463 g/mol. The summed E-state index contributed by atoms with van der Waals surface area (Å²) >= 11 is 6.05. The summed E-state index contributed by atoms with van der Waals surface area (Å²) < 4.78 is 6.54. The molecule has 4 aromatic rings. The fourth-order valence-electron chi connectivity index (χ4n) is 4.03. The first-order chi connectivity index (χ1) is 16.0. The monoisotopic (exact) mass is 462 g/mol. The van der Waals surface area contributed by atoms with Gasteiger partial charge < -0.3 is 9.64 Å². The van der Waals surface area contributed by atoms with Crippen LogP contribution in [0.25, 0.3) is 27.7 Å². The van der Waals surface area contributed by atoms with Gasteiger partial charge in [-0.2, -0.15) is 9.78 Å². The number of anilines is 1. The fourth-order valence-corrected chi connectivity index (χ4v) is 4.15. The van der Waals surface area contributed by atoms with Crippen LogP contribution in [0.1, 0.15) is 0 Å². The zero-order chi connectivity index (χ0) is 22.9. The zero-order valence-electron chi connectivity index (χ0n) is 17.5. The number of benzene rings is 3. The smallest absolute Gasteiger partial charge is 0.295 e. The van der Waals surface area contributed by atoms with Crippen LogP contribution in [0.2, 0.25) is 5.02 Å². The van der Waals surface area contributed by atoms with Crippen molar-refractivity contribution in [3.63, 3.8) is 0 Å². The predicted octanol–water partition coefficient (Wildman–Crippen LogP) is 4.45. The van der Waals surface area contributed by atoms with Gasteiger partial charge in [0, 0.05) is 40.8 Å². The van der Waals surface area contributed by atoms with Gasteiger partial charge in [-0.15, -0.1) is 0 Å². The molecule has 0 bridgehead atoms. The van der Waals surface area contributed by atoms with E-state index in [0.717, 1.165) is 15.9 Å². The first kappa shape index (κ1) is 21.1. The quantitative estimate of drug-likeness (QED) is 0.328. The highest BCUT2D eigenvalue weighted by Gasteiger charge is 2.23. The second-order valence-corrected chi connectivity index (χ2v) is 8.08. The van der Waals surface area contributed by atoms with Crippen molar-refractivity contribution in [1.29, 1.82) is 0 Å². The van der Waals surface area contributed by atoms with Gasteiger partial charge in [0.05, 0.1) is 29.2 Å². The van der Waals surface area contributed by atoms with Crippen molar-refractivity contribution < 1.29 is 9.66 Å². The molecular weight excluding hydrogens is 444 g/mol. The van der Waals surface area contributed by atoms with Crippen molar-refractivity contribution >= 4 is 33.7 Å². The Bertz CT molecular complexity index is 1410. The van der Waals surface area contributed by atoms with E-state index in [4.69, 9.17) is 16.3 Å². The van der Waals surface area contributed by atoms with E-state index in [9.17, 15) is 14.9 Å². The molecule has 2 heterocycles. The molecule has 5 rings (SSSR count). The van der Waals surface area contributed by atoms with E-state index >= 15 is 0 Å². The van der Waals surface area contributed by atoms with Crippen LogP contribution >= 0.6 is 11.6 Å². The summed E-state index contributed by atoms with van der Waals surface area (Å²) in [5.41, 5.74) is 1.55. The van der Waals surface area contributed by atoms with Crippen molar-refractivity contribution in [2.75, 3.05) is 31.2 Å². The Morgan fingerprint density at radius 3 is 2.36 bits per heavy atom. The van der Waals surface area contributed by atoms with Crippen molar-refractivity contribution in [3.05, 3.63) is 92.2 Å². The lowest BCUT2D eigenvalue weighted by molar-refractivity contribution is -0.384. The van der Waals surface area contributed by atoms with Crippen LogP contribution in [0.15, 0.2) is 71.5 Å². The number of morpholine rings is 1. The Kier molecular flexibility index (Phi) is 5.53. The number of ether oxygens (including phenoxy) is 1. The summed E-state index contributed by atoms with van der Waals surface area (Å²) in [7, 11) is 0. The fraction of sp³-hybridized carbons (Fsp3) is 0.167. The Morgan fingerprint density at radius 1 is 0.970 bits per heavy atom. The molecule has 1 aromatic heterocycles. The molecule has 1 saturated heterocycles. The van der Waals surface area contributed by atoms with Gasteiger partial charge in [0.25, 0.3) is 11.2 Å². The molecule has 33 heavy (non-hydrogen) atoms. The second-order valence-electron chi connectivity index (χ2n) is 7.65. The first-order valence-electron chi connectivity index (χ1n) is 10.4. The topological polar surface area (TPSA) is 90.5 Å². The number of fused-ring (bicyclic) bond motifs is 1. The van der Waals surface area contributed by atoms with E-state index in [0.29, 0.717) is 47.8 Å². The minimum atomic E-state index is -0.496. The molecule has 0 aliphatic carbocycles. The minimum absolute atomic E-state index is 0.120. The van der Waals surface area contributed by atoms with Gasteiger partial charge in [-0.25, -0.2) is 0 Å². The van der Waals surface area contributed by atoms with Crippen LogP contribution in [-0.2, 0) is 4.74 Å². The molecule has 1 aliphatic rings. The molecule has 166 valence electrons. The Labute approximate surface area is 193 Å². The summed E-state index contributed by atoms with van der Waals surface area (Å²) in [5, 5.41) is 18.1. The Morgan fingerprint density at radius 2 is 1.67 bits per heavy atom. The molecule has 1 fully saturated rings. The highest BCUT2D eigenvalue weighted by molar-refractivity contribution is 6.30. The van der Waals surface area contributed by atoms with Crippen LogP contribution < -0.4 is 10.5 Å². The summed E-state index contributed by atoms with van der Waals surface area (Å²) in [4.78, 5) is 26.9. The zero-order valence-corrected chi connectivity index (χ0v) is 18.2. The standard InChI is InChI=1S/C24H19ClN4O4/c25-17-7-5-16(6-8-17)23-19-3-1-2-4-20(19)24(30)28(26-23)22-15-18(9-10-21(22)29(31)32)27-11-13-33-14-12-27/h1-10,15H,11-14H2. The van der Waals surface area contributed by atoms with Gasteiger partial charge in [0.1, 0.15) is 5.69 Å². The average Bonchev–Trinajstić information content (AvgIpc) is 2.85. The summed E-state index contributed by atoms with van der Waals surface area (Å²) in [6.07, 6.45) is 0. The van der Waals surface area contributed by atoms with E-state index in [2.05, 4.69) is 10.00 Å². The summed E-state index contributed by atoms with van der Waals surface area (Å²) in [6, 6.07) is 19.0. The van der Waals surface area contributed by atoms with Gasteiger partial charge in [0.15, 0.2) is 0 Å². The molecule has 0 amide bonds. The molecule has 8 nitrogen and oxygen atoms in total. The number of nitro groups is 1. The number of aromatic nitrogens is 2. The number of halogens is 1. The molecule has 0 saturated carbocycles. The van der Waals surface area contributed by atoms with Gasteiger partial charge in [-0.1, -0.05) is 41.9 Å². The van der Waals surface area contributed by atoms with Crippen molar-refractivity contribution in [2.45, 2.75) is 0 Å². The number of hydrogen-bond donors (Lipinski definition) is 0. The molecule has 0 unspecified atom stereocenters. The number of nitro benzene ring substituents is 1. The molecule has 0 atom stereocenters. The van der Waals surface area contributed by atoms with E-state index in [-0.39, 0.29) is 11.4 Å². The lowest BCUT2D eigenvalue weighted by Gasteiger charge is -2.29. The first-order valence-corrected chi connectivity index (χ1v) is 10.8. The molecule has 0 spiro atoms. The maximum absolute atomic E-state index is 13.5. The molecule has 1 aliphatic heterocycles. The van der Waals surface area contributed by atoms with Gasteiger partial charge in [-0.3, -0.25) is 14.9 Å². The third-order valence-electron chi connectivity index (χ3n) is 5.68. The van der Waals surface area contributed by atoms with Crippen LogP contribution in [0.3, 0.4) is 0 Å².